The number of benzene rings is 2. The third-order valence-corrected chi connectivity index (χ3v) is 2.36. The number of nitrogens with one attached hydrogen (secondary N) is 1. The fraction of sp³-hybridized carbons (Fsp3) is 0.0909. The van der Waals surface area contributed by atoms with Gasteiger partial charge in [0.1, 0.15) is 0 Å². The van der Waals surface area contributed by atoms with Crippen molar-refractivity contribution >= 4 is 16.5 Å². The molecule has 0 fully saturated rings. The van der Waals surface area contributed by atoms with E-state index < -0.39 is 0 Å². The van der Waals surface area contributed by atoms with Crippen molar-refractivity contribution in [2.45, 2.75) is 0 Å². The van der Waals surface area contributed by atoms with Crippen molar-refractivity contribution in [1.82, 2.24) is 0 Å². The molecule has 1 aliphatic heterocycles. The molecule has 2 aromatic rings. The van der Waals surface area contributed by atoms with Crippen molar-refractivity contribution in [3.05, 3.63) is 36.4 Å². The van der Waals surface area contributed by atoms with Crippen LogP contribution in [0.25, 0.3) is 10.8 Å². The van der Waals surface area contributed by atoms with Crippen LogP contribution in [0.2, 0.25) is 0 Å². The molecule has 3 rings (SSSR count). The minimum Gasteiger partial charge on any atom is -0.470 e. The van der Waals surface area contributed by atoms with Crippen molar-refractivity contribution in [3.8, 4) is 5.75 Å². The van der Waals surface area contributed by atoms with Crippen LogP contribution in [0.15, 0.2) is 36.4 Å². The average Bonchev–Trinajstić information content (AvgIpc) is 2.65. The summed E-state index contributed by atoms with van der Waals surface area (Å²) in [5, 5.41) is 5.58. The lowest BCUT2D eigenvalue weighted by molar-refractivity contribution is 0.376. The maximum Gasteiger partial charge on any atom is 0.159 e. The molecule has 1 N–H and O–H groups in total. The van der Waals surface area contributed by atoms with Crippen LogP contribution in [0, 0.1) is 0 Å². The van der Waals surface area contributed by atoms with Crippen LogP contribution in [0.1, 0.15) is 0 Å². The van der Waals surface area contributed by atoms with Gasteiger partial charge >= 0.3 is 0 Å². The van der Waals surface area contributed by atoms with Gasteiger partial charge in [-0.1, -0.05) is 30.3 Å². The first kappa shape index (κ1) is 6.78. The zero-order chi connectivity index (χ0) is 8.67. The summed E-state index contributed by atoms with van der Waals surface area (Å²) in [6, 6.07) is 12.4. The van der Waals surface area contributed by atoms with Crippen molar-refractivity contribution < 1.29 is 4.74 Å². The maximum absolute atomic E-state index is 5.50. The molecule has 0 bridgehead atoms. The van der Waals surface area contributed by atoms with Crippen LogP contribution in [-0.2, 0) is 0 Å². The Balaban J connectivity index is 2.43. The molecule has 64 valence electrons. The SMILES string of the molecule is c1ccc2c3c(ccc2c1)NCO3. The van der Waals surface area contributed by atoms with Crippen LogP contribution in [0.5, 0.6) is 5.75 Å². The van der Waals surface area contributed by atoms with Crippen LogP contribution in [0.4, 0.5) is 5.69 Å². The van der Waals surface area contributed by atoms with Gasteiger partial charge in [-0.3, -0.25) is 0 Å². The van der Waals surface area contributed by atoms with Gasteiger partial charge in [-0.05, 0) is 11.5 Å². The molecule has 0 radical (unpaired) electrons. The first-order chi connectivity index (χ1) is 6.45. The second-order valence-electron chi connectivity index (χ2n) is 3.13. The fourth-order valence-electron chi connectivity index (χ4n) is 1.72. The Morgan fingerprint density at radius 2 is 2.00 bits per heavy atom. The number of fused-ring (bicyclic) bond motifs is 3. The average molecular weight is 171 g/mol. The molecule has 0 spiro atoms. The summed E-state index contributed by atoms with van der Waals surface area (Å²) in [4.78, 5) is 0. The quantitative estimate of drug-likeness (QED) is 0.657. The highest BCUT2D eigenvalue weighted by molar-refractivity contribution is 5.94. The topological polar surface area (TPSA) is 21.3 Å². The molecule has 2 heteroatoms. The molecule has 1 heterocycles. The highest BCUT2D eigenvalue weighted by Gasteiger charge is 2.13. The van der Waals surface area contributed by atoms with E-state index in [-0.39, 0.29) is 0 Å². The lowest BCUT2D eigenvalue weighted by Gasteiger charge is -2.02. The minimum absolute atomic E-state index is 0.587. The van der Waals surface area contributed by atoms with Crippen LogP contribution < -0.4 is 10.1 Å². The van der Waals surface area contributed by atoms with E-state index in [1.54, 1.807) is 0 Å². The van der Waals surface area contributed by atoms with Gasteiger partial charge in [-0.2, -0.15) is 0 Å². The largest absolute Gasteiger partial charge is 0.470 e. The molecule has 0 atom stereocenters. The molecule has 0 saturated heterocycles. The first-order valence-corrected chi connectivity index (χ1v) is 4.33. The number of hydrogen-bond donors (Lipinski definition) is 1. The number of hydrogen-bond acceptors (Lipinski definition) is 2. The van der Waals surface area contributed by atoms with E-state index >= 15 is 0 Å². The molecule has 2 nitrogen and oxygen atoms in total. The summed E-state index contributed by atoms with van der Waals surface area (Å²) >= 11 is 0. The van der Waals surface area contributed by atoms with Gasteiger partial charge in [-0.15, -0.1) is 0 Å². The lowest BCUT2D eigenvalue weighted by atomic mass is 10.1. The number of anilines is 1. The van der Waals surface area contributed by atoms with Gasteiger partial charge in [0.15, 0.2) is 12.5 Å². The van der Waals surface area contributed by atoms with Gasteiger partial charge < -0.3 is 10.1 Å². The molecular formula is C11H9NO. The van der Waals surface area contributed by atoms with E-state index in [9.17, 15) is 0 Å². The van der Waals surface area contributed by atoms with Gasteiger partial charge in [0.25, 0.3) is 0 Å². The normalized spacial score (nSPS) is 13.5. The predicted octanol–water partition coefficient (Wildman–Crippen LogP) is 2.60. The zero-order valence-electron chi connectivity index (χ0n) is 7.08. The van der Waals surface area contributed by atoms with Gasteiger partial charge in [0.05, 0.1) is 5.69 Å². The van der Waals surface area contributed by atoms with E-state index in [1.165, 1.54) is 10.8 Å². The Hall–Kier alpha value is -1.70. The molecule has 0 amide bonds. The molecule has 0 saturated carbocycles. The van der Waals surface area contributed by atoms with Crippen molar-refractivity contribution in [2.75, 3.05) is 12.0 Å². The highest BCUT2D eigenvalue weighted by atomic mass is 16.5. The standard InChI is InChI=1S/C11H9NO/c1-2-4-9-8(3-1)5-6-10-11(9)13-7-12-10/h1-6,12H,7H2. The smallest absolute Gasteiger partial charge is 0.159 e. The molecular weight excluding hydrogens is 162 g/mol. The van der Waals surface area contributed by atoms with Crippen LogP contribution in [0.3, 0.4) is 0 Å². The summed E-state index contributed by atoms with van der Waals surface area (Å²) < 4.78 is 5.50. The van der Waals surface area contributed by atoms with E-state index in [0.717, 1.165) is 11.4 Å². The van der Waals surface area contributed by atoms with Crippen molar-refractivity contribution in [1.29, 1.82) is 0 Å². The summed E-state index contributed by atoms with van der Waals surface area (Å²) in [6.45, 7) is 0.587. The summed E-state index contributed by atoms with van der Waals surface area (Å²) in [6.07, 6.45) is 0. The van der Waals surface area contributed by atoms with E-state index in [1.807, 2.05) is 12.1 Å². The predicted molar refractivity (Wildman–Crippen MR) is 53.1 cm³/mol. The molecule has 13 heavy (non-hydrogen) atoms. The Morgan fingerprint density at radius 1 is 1.08 bits per heavy atom. The second-order valence-corrected chi connectivity index (χ2v) is 3.13. The van der Waals surface area contributed by atoms with Crippen molar-refractivity contribution in [3.63, 3.8) is 0 Å². The molecule has 0 aromatic heterocycles. The summed E-state index contributed by atoms with van der Waals surface area (Å²) in [7, 11) is 0. The van der Waals surface area contributed by atoms with Gasteiger partial charge in [-0.25, -0.2) is 0 Å². The van der Waals surface area contributed by atoms with E-state index in [4.69, 9.17) is 4.74 Å². The maximum atomic E-state index is 5.50. The Kier molecular flexibility index (Phi) is 1.25. The summed E-state index contributed by atoms with van der Waals surface area (Å²) in [5.41, 5.74) is 1.10. The third-order valence-electron chi connectivity index (χ3n) is 2.36. The van der Waals surface area contributed by atoms with Crippen LogP contribution >= 0.6 is 0 Å². The monoisotopic (exact) mass is 171 g/mol. The lowest BCUT2D eigenvalue weighted by Crippen LogP contribution is -1.96. The second kappa shape index (κ2) is 2.39. The van der Waals surface area contributed by atoms with Crippen LogP contribution in [-0.4, -0.2) is 6.73 Å². The highest BCUT2D eigenvalue weighted by Crippen LogP contribution is 2.36. The molecule has 2 aromatic carbocycles. The molecule has 0 aliphatic carbocycles. The molecule has 0 unspecified atom stereocenters. The van der Waals surface area contributed by atoms with E-state index in [2.05, 4.69) is 29.6 Å². The zero-order valence-corrected chi connectivity index (χ0v) is 7.08. The Morgan fingerprint density at radius 3 is 3.00 bits per heavy atom. The minimum atomic E-state index is 0.587. The third kappa shape index (κ3) is 0.886. The summed E-state index contributed by atoms with van der Waals surface area (Å²) in [5.74, 6) is 0.984. The van der Waals surface area contributed by atoms with E-state index in [0.29, 0.717) is 6.73 Å². The first-order valence-electron chi connectivity index (χ1n) is 4.33. The van der Waals surface area contributed by atoms with Gasteiger partial charge in [0, 0.05) is 5.39 Å². The molecule has 1 aliphatic rings. The number of rotatable bonds is 0. The Labute approximate surface area is 76.1 Å². The van der Waals surface area contributed by atoms with Crippen molar-refractivity contribution in [2.24, 2.45) is 0 Å². The van der Waals surface area contributed by atoms with Gasteiger partial charge in [0.2, 0.25) is 0 Å². The number of ether oxygens (including phenoxy) is 1. The Bertz CT molecular complexity index is 465. The fourth-order valence-corrected chi connectivity index (χ4v) is 1.72.